The second-order valence-electron chi connectivity index (χ2n) is 7.01. The van der Waals surface area contributed by atoms with Crippen LogP contribution in [0.2, 0.25) is 0 Å². The van der Waals surface area contributed by atoms with Gasteiger partial charge < -0.3 is 5.32 Å². The topological polar surface area (TPSA) is 72.7 Å². The molecule has 0 aliphatic heterocycles. The summed E-state index contributed by atoms with van der Waals surface area (Å²) in [6, 6.07) is 14.1. The van der Waals surface area contributed by atoms with Crippen molar-refractivity contribution in [3.05, 3.63) is 81.7 Å². The highest BCUT2D eigenvalue weighted by Crippen LogP contribution is 2.29. The molecular formula is C22H20FN5OS. The maximum absolute atomic E-state index is 13.0. The van der Waals surface area contributed by atoms with Crippen molar-refractivity contribution >= 4 is 17.2 Å². The molecule has 0 spiro atoms. The van der Waals surface area contributed by atoms with Crippen LogP contribution in [-0.2, 0) is 6.54 Å². The van der Waals surface area contributed by atoms with Gasteiger partial charge in [0.15, 0.2) is 0 Å². The number of hydrogen-bond donors (Lipinski definition) is 1. The van der Waals surface area contributed by atoms with E-state index in [-0.39, 0.29) is 11.7 Å². The maximum Gasteiger partial charge on any atom is 0.263 e. The van der Waals surface area contributed by atoms with E-state index in [0.29, 0.717) is 27.8 Å². The zero-order valence-electron chi connectivity index (χ0n) is 16.8. The van der Waals surface area contributed by atoms with Crippen LogP contribution >= 0.6 is 11.3 Å². The van der Waals surface area contributed by atoms with Gasteiger partial charge in [0.1, 0.15) is 21.4 Å². The van der Waals surface area contributed by atoms with Crippen molar-refractivity contribution in [2.75, 3.05) is 0 Å². The lowest BCUT2D eigenvalue weighted by Crippen LogP contribution is -2.22. The third-order valence-electron chi connectivity index (χ3n) is 4.74. The van der Waals surface area contributed by atoms with E-state index in [9.17, 15) is 9.18 Å². The van der Waals surface area contributed by atoms with Crippen LogP contribution < -0.4 is 5.32 Å². The summed E-state index contributed by atoms with van der Waals surface area (Å²) < 4.78 is 14.8. The van der Waals surface area contributed by atoms with Gasteiger partial charge in [-0.25, -0.2) is 14.1 Å². The summed E-state index contributed by atoms with van der Waals surface area (Å²) >= 11 is 1.28. The molecule has 8 heteroatoms. The number of amides is 1. The van der Waals surface area contributed by atoms with Gasteiger partial charge >= 0.3 is 0 Å². The Morgan fingerprint density at radius 3 is 2.47 bits per heavy atom. The minimum absolute atomic E-state index is 0.218. The lowest BCUT2D eigenvalue weighted by atomic mass is 10.2. The number of carbonyl (C=O) groups excluding carboxylic acids is 1. The van der Waals surface area contributed by atoms with Crippen LogP contribution in [-0.4, -0.2) is 25.9 Å². The fraction of sp³-hybridized carbons (Fsp3) is 0.182. The Morgan fingerprint density at radius 2 is 1.77 bits per heavy atom. The number of rotatable bonds is 5. The second kappa shape index (κ2) is 8.16. The fourth-order valence-electron chi connectivity index (χ4n) is 3.03. The summed E-state index contributed by atoms with van der Waals surface area (Å²) in [4.78, 5) is 17.7. The van der Waals surface area contributed by atoms with E-state index >= 15 is 0 Å². The Bertz CT molecular complexity index is 1200. The molecule has 2 aromatic heterocycles. The van der Waals surface area contributed by atoms with Gasteiger partial charge in [-0.15, -0.1) is 16.4 Å². The van der Waals surface area contributed by atoms with Gasteiger partial charge in [0.25, 0.3) is 5.91 Å². The molecule has 0 saturated heterocycles. The highest BCUT2D eigenvalue weighted by atomic mass is 32.1. The molecule has 0 atom stereocenters. The second-order valence-corrected chi connectivity index (χ2v) is 8.01. The molecule has 0 aliphatic rings. The highest BCUT2D eigenvalue weighted by molar-refractivity contribution is 7.17. The van der Waals surface area contributed by atoms with Crippen molar-refractivity contribution in [3.63, 3.8) is 0 Å². The van der Waals surface area contributed by atoms with Crippen LogP contribution in [0.25, 0.3) is 16.4 Å². The Morgan fingerprint density at radius 1 is 1.07 bits per heavy atom. The molecular weight excluding hydrogens is 401 g/mol. The van der Waals surface area contributed by atoms with Crippen LogP contribution in [0.15, 0.2) is 48.5 Å². The van der Waals surface area contributed by atoms with Gasteiger partial charge in [-0.05, 0) is 50.6 Å². The molecule has 0 fully saturated rings. The van der Waals surface area contributed by atoms with E-state index in [2.05, 4.69) is 20.6 Å². The number of nitrogens with zero attached hydrogens (tertiary/aromatic N) is 4. The summed E-state index contributed by atoms with van der Waals surface area (Å²) in [7, 11) is 0. The molecule has 2 heterocycles. The van der Waals surface area contributed by atoms with Crippen LogP contribution in [0.3, 0.4) is 0 Å². The number of aryl methyl sites for hydroxylation is 2. The molecule has 1 amide bonds. The molecule has 0 radical (unpaired) electrons. The van der Waals surface area contributed by atoms with Gasteiger partial charge in [0.2, 0.25) is 0 Å². The van der Waals surface area contributed by atoms with E-state index in [4.69, 9.17) is 0 Å². The number of hydrogen-bond acceptors (Lipinski definition) is 5. The maximum atomic E-state index is 13.0. The first-order valence-electron chi connectivity index (χ1n) is 9.42. The smallest absolute Gasteiger partial charge is 0.263 e. The van der Waals surface area contributed by atoms with Crippen LogP contribution in [0.1, 0.15) is 32.2 Å². The Balaban J connectivity index is 1.54. The average Bonchev–Trinajstić information content (AvgIpc) is 3.30. The van der Waals surface area contributed by atoms with Crippen molar-refractivity contribution in [3.8, 4) is 16.4 Å². The number of thiazole rings is 1. The van der Waals surface area contributed by atoms with Crippen LogP contribution in [0.5, 0.6) is 0 Å². The number of carbonyl (C=O) groups is 1. The van der Waals surface area contributed by atoms with E-state index in [1.54, 1.807) is 23.7 Å². The molecule has 0 unspecified atom stereocenters. The molecule has 0 bridgehead atoms. The minimum Gasteiger partial charge on any atom is -0.347 e. The molecule has 0 aliphatic carbocycles. The molecule has 2 aromatic carbocycles. The van der Waals surface area contributed by atoms with Gasteiger partial charge in [0.05, 0.1) is 17.1 Å². The van der Waals surface area contributed by atoms with Gasteiger partial charge in [-0.3, -0.25) is 4.79 Å². The first-order chi connectivity index (χ1) is 14.4. The summed E-state index contributed by atoms with van der Waals surface area (Å²) in [5.41, 5.74) is 5.05. The Hall–Kier alpha value is -3.39. The normalized spacial score (nSPS) is 10.9. The number of benzene rings is 2. The zero-order chi connectivity index (χ0) is 21.3. The number of aromatic nitrogens is 4. The molecule has 1 N–H and O–H groups in total. The molecule has 4 rings (SSSR count). The van der Waals surface area contributed by atoms with Gasteiger partial charge in [-0.1, -0.05) is 35.0 Å². The van der Waals surface area contributed by atoms with Gasteiger partial charge in [0, 0.05) is 6.54 Å². The minimum atomic E-state index is -0.304. The predicted octanol–water partition coefficient (Wildman–Crippen LogP) is 4.39. The van der Waals surface area contributed by atoms with Crippen molar-refractivity contribution in [1.29, 1.82) is 0 Å². The van der Waals surface area contributed by atoms with E-state index in [1.807, 2.05) is 38.1 Å². The van der Waals surface area contributed by atoms with Crippen molar-refractivity contribution < 1.29 is 9.18 Å². The van der Waals surface area contributed by atoms with Crippen molar-refractivity contribution in [1.82, 2.24) is 25.3 Å². The third-order valence-corrected chi connectivity index (χ3v) is 5.91. The highest BCUT2D eigenvalue weighted by Gasteiger charge is 2.20. The molecule has 152 valence electrons. The molecule has 4 aromatic rings. The van der Waals surface area contributed by atoms with E-state index in [1.165, 1.54) is 29.0 Å². The lowest BCUT2D eigenvalue weighted by Gasteiger charge is -2.04. The quantitative estimate of drug-likeness (QED) is 0.519. The summed E-state index contributed by atoms with van der Waals surface area (Å²) in [5.74, 6) is -0.522. The van der Waals surface area contributed by atoms with Crippen molar-refractivity contribution in [2.45, 2.75) is 27.3 Å². The summed E-state index contributed by atoms with van der Waals surface area (Å²) in [6.45, 7) is 6.07. The zero-order valence-corrected chi connectivity index (χ0v) is 17.6. The first-order valence-corrected chi connectivity index (χ1v) is 10.2. The SMILES string of the molecule is Cc1ccc(-n2nnc(-c3nc(C)c(C(=O)NCc4ccc(F)cc4)s3)c2C)cc1. The number of nitrogens with one attached hydrogen (secondary N) is 1. The Kier molecular flexibility index (Phi) is 5.41. The molecule has 30 heavy (non-hydrogen) atoms. The summed E-state index contributed by atoms with van der Waals surface area (Å²) in [6.07, 6.45) is 0. The van der Waals surface area contributed by atoms with E-state index < -0.39 is 0 Å². The third kappa shape index (κ3) is 3.99. The monoisotopic (exact) mass is 421 g/mol. The lowest BCUT2D eigenvalue weighted by molar-refractivity contribution is 0.0954. The first kappa shape index (κ1) is 19.9. The van der Waals surface area contributed by atoms with Gasteiger partial charge in [-0.2, -0.15) is 0 Å². The standard InChI is InChI=1S/C22H20FN5OS/c1-13-4-10-18(11-5-13)28-15(3)19(26-27-28)22-25-14(2)20(30-22)21(29)24-12-16-6-8-17(23)9-7-16/h4-11H,12H2,1-3H3,(H,24,29). The largest absolute Gasteiger partial charge is 0.347 e. The van der Waals surface area contributed by atoms with Crippen LogP contribution in [0.4, 0.5) is 4.39 Å². The summed E-state index contributed by atoms with van der Waals surface area (Å²) in [5, 5.41) is 12.1. The fourth-order valence-corrected chi connectivity index (χ4v) is 4.05. The number of halogens is 1. The van der Waals surface area contributed by atoms with Crippen LogP contribution in [0, 0.1) is 26.6 Å². The molecule has 0 saturated carbocycles. The van der Waals surface area contributed by atoms with Crippen molar-refractivity contribution in [2.24, 2.45) is 0 Å². The Labute approximate surface area is 177 Å². The van der Waals surface area contributed by atoms with E-state index in [0.717, 1.165) is 16.9 Å². The average molecular weight is 422 g/mol. The molecule has 6 nitrogen and oxygen atoms in total. The predicted molar refractivity (Wildman–Crippen MR) is 114 cm³/mol.